The van der Waals surface area contributed by atoms with Crippen molar-refractivity contribution in [2.75, 3.05) is 0 Å². The van der Waals surface area contributed by atoms with Crippen LogP contribution in [0.2, 0.25) is 0 Å². The molecule has 2 rings (SSSR count). The second-order valence-corrected chi connectivity index (χ2v) is 5.57. The Morgan fingerprint density at radius 1 is 1.26 bits per heavy atom. The average Bonchev–Trinajstić information content (AvgIpc) is 2.68. The highest BCUT2D eigenvalue weighted by molar-refractivity contribution is 5.90. The Morgan fingerprint density at radius 3 is 2.53 bits per heavy atom. The number of Topliss-reactive ketones (excluding diaryl/α,β-unsaturated/α-hetero) is 1. The van der Waals surface area contributed by atoms with E-state index in [-0.39, 0.29) is 11.7 Å². The molecule has 0 heterocycles. The molecule has 0 amide bonds. The van der Waals surface area contributed by atoms with Crippen LogP contribution in [0, 0.1) is 24.2 Å². The van der Waals surface area contributed by atoms with Crippen molar-refractivity contribution in [1.82, 2.24) is 0 Å². The SMILES string of the molecule is Cc1cccc(C(C#N)C(=O)C2CCCCCC2)c1. The number of aryl methyl sites for hydroxylation is 1. The van der Waals surface area contributed by atoms with Gasteiger partial charge in [0.1, 0.15) is 5.92 Å². The Hall–Kier alpha value is -1.62. The van der Waals surface area contributed by atoms with E-state index in [0.29, 0.717) is 0 Å². The van der Waals surface area contributed by atoms with Crippen molar-refractivity contribution < 1.29 is 4.79 Å². The van der Waals surface area contributed by atoms with Gasteiger partial charge in [0, 0.05) is 5.92 Å². The van der Waals surface area contributed by atoms with E-state index in [0.717, 1.165) is 36.8 Å². The van der Waals surface area contributed by atoms with Crippen LogP contribution in [0.3, 0.4) is 0 Å². The van der Waals surface area contributed by atoms with Crippen molar-refractivity contribution in [1.29, 1.82) is 5.26 Å². The first-order chi connectivity index (χ1) is 9.22. The summed E-state index contributed by atoms with van der Waals surface area (Å²) in [4.78, 5) is 12.6. The summed E-state index contributed by atoms with van der Waals surface area (Å²) < 4.78 is 0. The molecule has 100 valence electrons. The van der Waals surface area contributed by atoms with E-state index in [1.807, 2.05) is 31.2 Å². The average molecular weight is 255 g/mol. The molecule has 1 fully saturated rings. The number of nitrogens with zero attached hydrogens (tertiary/aromatic N) is 1. The van der Waals surface area contributed by atoms with E-state index in [4.69, 9.17) is 0 Å². The zero-order valence-electron chi connectivity index (χ0n) is 11.6. The lowest BCUT2D eigenvalue weighted by Crippen LogP contribution is -2.21. The molecule has 1 aliphatic rings. The molecule has 2 heteroatoms. The molecular weight excluding hydrogens is 234 g/mol. The second-order valence-electron chi connectivity index (χ2n) is 5.57. The molecule has 0 N–H and O–H groups in total. The van der Waals surface area contributed by atoms with Gasteiger partial charge < -0.3 is 0 Å². The number of rotatable bonds is 3. The van der Waals surface area contributed by atoms with Crippen LogP contribution in [0.25, 0.3) is 0 Å². The Morgan fingerprint density at radius 2 is 1.95 bits per heavy atom. The lowest BCUT2D eigenvalue weighted by atomic mass is 9.84. The molecule has 19 heavy (non-hydrogen) atoms. The molecule has 1 aliphatic carbocycles. The molecule has 1 aromatic carbocycles. The minimum absolute atomic E-state index is 0.0904. The largest absolute Gasteiger partial charge is 0.298 e. The van der Waals surface area contributed by atoms with Crippen molar-refractivity contribution in [3.8, 4) is 6.07 Å². The van der Waals surface area contributed by atoms with Crippen LogP contribution in [-0.4, -0.2) is 5.78 Å². The predicted molar refractivity (Wildman–Crippen MR) is 75.7 cm³/mol. The monoisotopic (exact) mass is 255 g/mol. The first kappa shape index (κ1) is 13.8. The highest BCUT2D eigenvalue weighted by atomic mass is 16.1. The van der Waals surface area contributed by atoms with Gasteiger partial charge in [-0.15, -0.1) is 0 Å². The summed E-state index contributed by atoms with van der Waals surface area (Å²) in [5.74, 6) is -0.356. The highest BCUT2D eigenvalue weighted by Gasteiger charge is 2.28. The van der Waals surface area contributed by atoms with Crippen molar-refractivity contribution in [2.24, 2.45) is 5.92 Å². The minimum atomic E-state index is -0.581. The molecular formula is C17H21NO. The number of hydrogen-bond acceptors (Lipinski definition) is 2. The molecule has 0 spiro atoms. The fourth-order valence-corrected chi connectivity index (χ4v) is 2.95. The summed E-state index contributed by atoms with van der Waals surface area (Å²) in [5.41, 5.74) is 1.96. The van der Waals surface area contributed by atoms with Gasteiger partial charge >= 0.3 is 0 Å². The van der Waals surface area contributed by atoms with Crippen molar-refractivity contribution in [2.45, 2.75) is 51.4 Å². The van der Waals surface area contributed by atoms with Gasteiger partial charge in [-0.2, -0.15) is 5.26 Å². The highest BCUT2D eigenvalue weighted by Crippen LogP contribution is 2.29. The van der Waals surface area contributed by atoms with Crippen molar-refractivity contribution in [3.63, 3.8) is 0 Å². The third-order valence-corrected chi connectivity index (χ3v) is 4.05. The summed E-state index contributed by atoms with van der Waals surface area (Å²) >= 11 is 0. The zero-order chi connectivity index (χ0) is 13.7. The number of benzene rings is 1. The molecule has 0 aliphatic heterocycles. The van der Waals surface area contributed by atoms with E-state index >= 15 is 0 Å². The first-order valence-electron chi connectivity index (χ1n) is 7.22. The number of carbonyl (C=O) groups excluding carboxylic acids is 1. The molecule has 1 aromatic rings. The second kappa shape index (κ2) is 6.52. The number of ketones is 1. The summed E-state index contributed by atoms with van der Waals surface area (Å²) in [6.45, 7) is 1.99. The van der Waals surface area contributed by atoms with Gasteiger partial charge in [-0.25, -0.2) is 0 Å². The van der Waals surface area contributed by atoms with Gasteiger partial charge in [0.25, 0.3) is 0 Å². The number of carbonyl (C=O) groups is 1. The van der Waals surface area contributed by atoms with E-state index in [2.05, 4.69) is 6.07 Å². The topological polar surface area (TPSA) is 40.9 Å². The molecule has 1 unspecified atom stereocenters. The van der Waals surface area contributed by atoms with Gasteiger partial charge in [0.2, 0.25) is 0 Å². The summed E-state index contributed by atoms with van der Waals surface area (Å²) in [5, 5.41) is 9.37. The Bertz CT molecular complexity index is 478. The van der Waals surface area contributed by atoms with Gasteiger partial charge in [0.15, 0.2) is 5.78 Å². The lowest BCUT2D eigenvalue weighted by Gasteiger charge is -2.17. The molecule has 0 bridgehead atoms. The molecule has 0 aromatic heterocycles. The summed E-state index contributed by atoms with van der Waals surface area (Å²) in [6.07, 6.45) is 6.63. The van der Waals surface area contributed by atoms with Crippen LogP contribution in [0.4, 0.5) is 0 Å². The van der Waals surface area contributed by atoms with E-state index in [9.17, 15) is 10.1 Å². The molecule has 0 radical (unpaired) electrons. The Balaban J connectivity index is 2.17. The maximum Gasteiger partial charge on any atom is 0.157 e. The van der Waals surface area contributed by atoms with Crippen LogP contribution in [0.1, 0.15) is 55.6 Å². The smallest absolute Gasteiger partial charge is 0.157 e. The van der Waals surface area contributed by atoms with Crippen LogP contribution in [0.5, 0.6) is 0 Å². The van der Waals surface area contributed by atoms with Crippen LogP contribution < -0.4 is 0 Å². The van der Waals surface area contributed by atoms with Gasteiger partial charge in [-0.3, -0.25) is 4.79 Å². The lowest BCUT2D eigenvalue weighted by molar-refractivity contribution is -0.123. The van der Waals surface area contributed by atoms with Crippen molar-refractivity contribution in [3.05, 3.63) is 35.4 Å². The fourth-order valence-electron chi connectivity index (χ4n) is 2.95. The van der Waals surface area contributed by atoms with E-state index in [1.165, 1.54) is 12.8 Å². The summed E-state index contributed by atoms with van der Waals surface area (Å²) in [7, 11) is 0. The Kier molecular flexibility index (Phi) is 4.74. The maximum atomic E-state index is 12.6. The first-order valence-corrected chi connectivity index (χ1v) is 7.22. The quantitative estimate of drug-likeness (QED) is 0.761. The minimum Gasteiger partial charge on any atom is -0.298 e. The summed E-state index contributed by atoms with van der Waals surface area (Å²) in [6, 6.07) is 9.99. The molecule has 1 atom stereocenters. The van der Waals surface area contributed by atoms with Crippen LogP contribution >= 0.6 is 0 Å². The number of nitriles is 1. The van der Waals surface area contributed by atoms with Gasteiger partial charge in [0.05, 0.1) is 6.07 Å². The van der Waals surface area contributed by atoms with E-state index < -0.39 is 5.92 Å². The fraction of sp³-hybridized carbons (Fsp3) is 0.529. The third-order valence-electron chi connectivity index (χ3n) is 4.05. The third kappa shape index (κ3) is 3.44. The zero-order valence-corrected chi connectivity index (χ0v) is 11.6. The maximum absolute atomic E-state index is 12.6. The standard InChI is InChI=1S/C17H21NO/c1-13-7-6-10-15(11-13)16(12-18)17(19)14-8-4-2-3-5-9-14/h6-7,10-11,14,16H,2-5,8-9H2,1H3. The molecule has 0 saturated heterocycles. The van der Waals surface area contributed by atoms with Gasteiger partial charge in [-0.05, 0) is 25.3 Å². The molecule has 1 saturated carbocycles. The number of hydrogen-bond donors (Lipinski definition) is 0. The van der Waals surface area contributed by atoms with Crippen LogP contribution in [0.15, 0.2) is 24.3 Å². The van der Waals surface area contributed by atoms with E-state index in [1.54, 1.807) is 0 Å². The van der Waals surface area contributed by atoms with Gasteiger partial charge in [-0.1, -0.05) is 55.5 Å². The Labute approximate surface area is 115 Å². The predicted octanol–water partition coefficient (Wildman–Crippen LogP) is 4.14. The van der Waals surface area contributed by atoms with Crippen molar-refractivity contribution >= 4 is 5.78 Å². The van der Waals surface area contributed by atoms with Crippen LogP contribution in [-0.2, 0) is 4.79 Å². The normalized spacial score (nSPS) is 18.3. The molecule has 2 nitrogen and oxygen atoms in total.